The molecule has 7 nitrogen and oxygen atoms in total. The minimum atomic E-state index is -0.480. The smallest absolute Gasteiger partial charge is 0.336 e. The zero-order valence-corrected chi connectivity index (χ0v) is 12.5. The van der Waals surface area contributed by atoms with Gasteiger partial charge in [-0.25, -0.2) is 4.79 Å². The molecule has 122 valence electrons. The number of benzene rings is 2. The van der Waals surface area contributed by atoms with Crippen LogP contribution in [-0.4, -0.2) is 18.1 Å². The van der Waals surface area contributed by atoms with E-state index in [1.807, 2.05) is 0 Å². The number of nitro groups is 1. The van der Waals surface area contributed by atoms with Crippen LogP contribution in [0.3, 0.4) is 0 Å². The van der Waals surface area contributed by atoms with Crippen molar-refractivity contribution in [3.63, 3.8) is 0 Å². The van der Waals surface area contributed by atoms with Gasteiger partial charge in [0, 0.05) is 23.6 Å². The van der Waals surface area contributed by atoms with Crippen LogP contribution >= 0.6 is 0 Å². The van der Waals surface area contributed by atoms with Gasteiger partial charge in [-0.2, -0.15) is 0 Å². The molecule has 0 aliphatic heterocycles. The van der Waals surface area contributed by atoms with Crippen molar-refractivity contribution in [1.82, 2.24) is 0 Å². The minimum absolute atomic E-state index is 0.0297. The molecule has 7 heteroatoms. The van der Waals surface area contributed by atoms with Crippen molar-refractivity contribution in [2.45, 2.75) is 0 Å². The second kappa shape index (κ2) is 6.82. The van der Waals surface area contributed by atoms with Crippen LogP contribution in [0.4, 0.5) is 5.69 Å². The van der Waals surface area contributed by atoms with Crippen LogP contribution in [0.1, 0.15) is 0 Å². The van der Waals surface area contributed by atoms with E-state index in [0.29, 0.717) is 17.1 Å². The highest BCUT2D eigenvalue weighted by Gasteiger charge is 2.06. The zero-order chi connectivity index (χ0) is 16.9. The summed E-state index contributed by atoms with van der Waals surface area (Å²) in [5, 5.41) is 11.5. The van der Waals surface area contributed by atoms with Crippen LogP contribution < -0.4 is 15.1 Å². The van der Waals surface area contributed by atoms with Crippen LogP contribution in [0.25, 0.3) is 11.0 Å². The van der Waals surface area contributed by atoms with Gasteiger partial charge in [0.1, 0.15) is 30.3 Å². The lowest BCUT2D eigenvalue weighted by molar-refractivity contribution is -0.384. The van der Waals surface area contributed by atoms with Crippen molar-refractivity contribution < 1.29 is 18.8 Å². The number of ether oxygens (including phenoxy) is 2. The van der Waals surface area contributed by atoms with Gasteiger partial charge in [0.15, 0.2) is 0 Å². The molecule has 1 heterocycles. The monoisotopic (exact) mass is 327 g/mol. The molecule has 0 aliphatic rings. The fraction of sp³-hybridized carbons (Fsp3) is 0.118. The molecule has 3 aromatic rings. The molecular formula is C17H13NO6. The van der Waals surface area contributed by atoms with Crippen molar-refractivity contribution in [2.75, 3.05) is 13.2 Å². The van der Waals surface area contributed by atoms with Crippen LogP contribution in [0.5, 0.6) is 11.5 Å². The first kappa shape index (κ1) is 15.5. The Bertz CT molecular complexity index is 934. The number of nitro benzene ring substituents is 1. The van der Waals surface area contributed by atoms with Crippen molar-refractivity contribution in [1.29, 1.82) is 0 Å². The summed E-state index contributed by atoms with van der Waals surface area (Å²) in [6, 6.07) is 14.1. The second-order valence-electron chi connectivity index (χ2n) is 4.91. The van der Waals surface area contributed by atoms with Crippen LogP contribution in [-0.2, 0) is 0 Å². The van der Waals surface area contributed by atoms with Crippen molar-refractivity contribution in [3.05, 3.63) is 75.1 Å². The molecule has 0 unspecified atom stereocenters. The number of hydrogen-bond acceptors (Lipinski definition) is 6. The molecule has 0 aliphatic carbocycles. The molecule has 0 N–H and O–H groups in total. The molecule has 0 spiro atoms. The quantitative estimate of drug-likeness (QED) is 0.299. The SMILES string of the molecule is O=c1ccc2ccc(OCCOc3cccc([N+](=O)[O-])c3)cc2o1. The van der Waals surface area contributed by atoms with Gasteiger partial charge in [0.25, 0.3) is 5.69 Å². The standard InChI is InChI=1S/C17H13NO6/c19-17-7-5-12-4-6-15(11-16(12)24-17)23-9-8-22-14-3-1-2-13(10-14)18(20)21/h1-7,10-11H,8-9H2. The Labute approximate surface area is 136 Å². The first-order valence-electron chi connectivity index (χ1n) is 7.16. The van der Waals surface area contributed by atoms with E-state index in [9.17, 15) is 14.9 Å². The molecule has 0 fully saturated rings. The molecule has 0 bridgehead atoms. The zero-order valence-electron chi connectivity index (χ0n) is 12.5. The molecule has 3 rings (SSSR count). The molecule has 0 saturated heterocycles. The molecule has 24 heavy (non-hydrogen) atoms. The molecule has 2 aromatic carbocycles. The number of hydrogen-bond donors (Lipinski definition) is 0. The van der Waals surface area contributed by atoms with Gasteiger partial charge in [-0.3, -0.25) is 10.1 Å². The van der Waals surface area contributed by atoms with Gasteiger partial charge in [-0.1, -0.05) is 6.07 Å². The fourth-order valence-electron chi connectivity index (χ4n) is 2.14. The Morgan fingerprint density at radius 1 is 0.958 bits per heavy atom. The van der Waals surface area contributed by atoms with Gasteiger partial charge in [-0.05, 0) is 24.3 Å². The maximum absolute atomic E-state index is 11.2. The predicted octanol–water partition coefficient (Wildman–Crippen LogP) is 3.16. The van der Waals surface area contributed by atoms with Crippen LogP contribution in [0.2, 0.25) is 0 Å². The van der Waals surface area contributed by atoms with E-state index in [2.05, 4.69) is 0 Å². The third-order valence-corrected chi connectivity index (χ3v) is 3.24. The van der Waals surface area contributed by atoms with Crippen molar-refractivity contribution in [3.8, 4) is 11.5 Å². The van der Waals surface area contributed by atoms with E-state index < -0.39 is 10.5 Å². The van der Waals surface area contributed by atoms with Crippen molar-refractivity contribution >= 4 is 16.7 Å². The average Bonchev–Trinajstić information content (AvgIpc) is 2.58. The highest BCUT2D eigenvalue weighted by atomic mass is 16.6. The summed E-state index contributed by atoms with van der Waals surface area (Å²) in [4.78, 5) is 21.4. The Morgan fingerprint density at radius 2 is 1.67 bits per heavy atom. The van der Waals surface area contributed by atoms with Gasteiger partial charge >= 0.3 is 5.63 Å². The molecular weight excluding hydrogens is 314 g/mol. The molecule has 0 saturated carbocycles. The van der Waals surface area contributed by atoms with E-state index in [4.69, 9.17) is 13.9 Å². The summed E-state index contributed by atoms with van der Waals surface area (Å²) >= 11 is 0. The van der Waals surface area contributed by atoms with Crippen molar-refractivity contribution in [2.24, 2.45) is 0 Å². The van der Waals surface area contributed by atoms with Gasteiger partial charge < -0.3 is 13.9 Å². The van der Waals surface area contributed by atoms with Crippen LogP contribution in [0.15, 0.2) is 63.8 Å². The maximum atomic E-state index is 11.2. The Hall–Kier alpha value is -3.35. The molecule has 0 radical (unpaired) electrons. The Morgan fingerprint density at radius 3 is 2.42 bits per heavy atom. The maximum Gasteiger partial charge on any atom is 0.336 e. The molecule has 0 atom stereocenters. The largest absolute Gasteiger partial charge is 0.490 e. The van der Waals surface area contributed by atoms with E-state index in [1.54, 1.807) is 36.4 Å². The fourth-order valence-corrected chi connectivity index (χ4v) is 2.14. The van der Waals surface area contributed by atoms with E-state index in [0.717, 1.165) is 5.39 Å². The first-order valence-corrected chi connectivity index (χ1v) is 7.16. The first-order chi connectivity index (χ1) is 11.6. The Balaban J connectivity index is 1.57. The summed E-state index contributed by atoms with van der Waals surface area (Å²) < 4.78 is 16.0. The Kier molecular flexibility index (Phi) is 4.42. The van der Waals surface area contributed by atoms with Crippen LogP contribution in [0, 0.1) is 10.1 Å². The highest BCUT2D eigenvalue weighted by molar-refractivity contribution is 5.77. The second-order valence-corrected chi connectivity index (χ2v) is 4.91. The lowest BCUT2D eigenvalue weighted by Gasteiger charge is -2.08. The third kappa shape index (κ3) is 3.70. The number of rotatable bonds is 6. The minimum Gasteiger partial charge on any atom is -0.490 e. The highest BCUT2D eigenvalue weighted by Crippen LogP contribution is 2.20. The summed E-state index contributed by atoms with van der Waals surface area (Å²) in [6.45, 7) is 0.462. The molecule has 1 aromatic heterocycles. The predicted molar refractivity (Wildman–Crippen MR) is 86.6 cm³/mol. The number of nitrogens with zero attached hydrogens (tertiary/aromatic N) is 1. The summed E-state index contributed by atoms with van der Waals surface area (Å²) in [5.41, 5.74) is -0.00812. The topological polar surface area (TPSA) is 91.8 Å². The summed E-state index contributed by atoms with van der Waals surface area (Å²) in [6.07, 6.45) is 0. The third-order valence-electron chi connectivity index (χ3n) is 3.24. The lowest BCUT2D eigenvalue weighted by Crippen LogP contribution is -2.09. The van der Waals surface area contributed by atoms with E-state index in [1.165, 1.54) is 18.2 Å². The van der Waals surface area contributed by atoms with Gasteiger partial charge in [0.2, 0.25) is 0 Å². The van der Waals surface area contributed by atoms with E-state index >= 15 is 0 Å². The molecule has 0 amide bonds. The van der Waals surface area contributed by atoms with Gasteiger partial charge in [0.05, 0.1) is 11.0 Å². The summed E-state index contributed by atoms with van der Waals surface area (Å²) in [7, 11) is 0. The van der Waals surface area contributed by atoms with E-state index in [-0.39, 0.29) is 18.9 Å². The normalized spacial score (nSPS) is 10.5. The average molecular weight is 327 g/mol. The lowest BCUT2D eigenvalue weighted by atomic mass is 10.2. The number of fused-ring (bicyclic) bond motifs is 1. The number of non-ortho nitro benzene ring substituents is 1. The van der Waals surface area contributed by atoms with Gasteiger partial charge in [-0.15, -0.1) is 0 Å². The summed E-state index contributed by atoms with van der Waals surface area (Å²) in [5.74, 6) is 0.941.